The number of fused-ring (bicyclic) bond motifs is 1. The monoisotopic (exact) mass is 619 g/mol. The molecule has 4 heterocycles. The van der Waals surface area contributed by atoms with Gasteiger partial charge in [0, 0.05) is 68.7 Å². The minimum Gasteiger partial charge on any atom is -0.423 e. The van der Waals surface area contributed by atoms with Crippen LogP contribution in [0.25, 0.3) is 22.2 Å². The van der Waals surface area contributed by atoms with Crippen LogP contribution < -0.4 is 5.46 Å². The third-order valence-electron chi connectivity index (χ3n) is 10.1. The first-order chi connectivity index (χ1) is 21.7. The van der Waals surface area contributed by atoms with E-state index in [0.717, 1.165) is 85.0 Å². The Hall–Kier alpha value is -2.31. The Kier molecular flexibility index (Phi) is 10.0. The van der Waals surface area contributed by atoms with Crippen molar-refractivity contribution in [3.63, 3.8) is 0 Å². The Morgan fingerprint density at radius 2 is 1.89 bits per heavy atom. The van der Waals surface area contributed by atoms with Crippen LogP contribution in [-0.4, -0.2) is 95.5 Å². The van der Waals surface area contributed by atoms with Gasteiger partial charge in [-0.25, -0.2) is 0 Å². The smallest absolute Gasteiger partial charge is 0.423 e. The van der Waals surface area contributed by atoms with E-state index in [-0.39, 0.29) is 18.8 Å². The maximum absolute atomic E-state index is 10.4. The molecule has 9 nitrogen and oxygen atoms in total. The Labute approximate surface area is 267 Å². The fraction of sp³-hybridized carbons (Fsp3) is 0.629. The van der Waals surface area contributed by atoms with E-state index in [1.807, 2.05) is 25.3 Å². The summed E-state index contributed by atoms with van der Waals surface area (Å²) in [4.78, 5) is 7.73. The van der Waals surface area contributed by atoms with Crippen LogP contribution in [0.4, 0.5) is 0 Å². The molecule has 0 bridgehead atoms. The number of ether oxygens (including phenoxy) is 3. The van der Waals surface area contributed by atoms with E-state index in [1.54, 1.807) is 13.2 Å². The van der Waals surface area contributed by atoms with Crippen molar-refractivity contribution in [3.8, 4) is 11.3 Å². The number of likely N-dealkylation sites (tertiary alicyclic amines) is 1. The van der Waals surface area contributed by atoms with Crippen LogP contribution in [0, 0.1) is 5.41 Å². The van der Waals surface area contributed by atoms with Crippen molar-refractivity contribution in [2.24, 2.45) is 5.41 Å². The molecule has 0 spiro atoms. The SMILES string of the molecule is CO[C@@H](C)c1ncc([C@@H]2CCN(C3CC3)C2)cc1-c1c(CC(C)(C)CO)c2cc(B(O)O)ccc2n1CCOC1CCOCC1. The summed E-state index contributed by atoms with van der Waals surface area (Å²) >= 11 is 0. The second kappa shape index (κ2) is 13.8. The van der Waals surface area contributed by atoms with Crippen LogP contribution in [0.15, 0.2) is 30.5 Å². The van der Waals surface area contributed by atoms with Crippen LogP contribution in [0.3, 0.4) is 0 Å². The third-order valence-corrected chi connectivity index (χ3v) is 10.1. The lowest BCUT2D eigenvalue weighted by Crippen LogP contribution is -2.29. The van der Waals surface area contributed by atoms with Gasteiger partial charge in [0.1, 0.15) is 0 Å². The lowest BCUT2D eigenvalue weighted by molar-refractivity contribution is -0.0336. The van der Waals surface area contributed by atoms with Crippen molar-refractivity contribution in [2.45, 2.75) is 90.0 Å². The van der Waals surface area contributed by atoms with Gasteiger partial charge in [-0.3, -0.25) is 9.88 Å². The van der Waals surface area contributed by atoms with E-state index >= 15 is 0 Å². The summed E-state index contributed by atoms with van der Waals surface area (Å²) in [5.41, 5.74) is 6.28. The number of pyridine rings is 1. The first kappa shape index (κ1) is 32.6. The molecule has 3 aliphatic rings. The second-order valence-electron chi connectivity index (χ2n) is 14.1. The zero-order valence-corrected chi connectivity index (χ0v) is 27.4. The largest absolute Gasteiger partial charge is 0.488 e. The van der Waals surface area contributed by atoms with E-state index in [2.05, 4.69) is 29.4 Å². The summed E-state index contributed by atoms with van der Waals surface area (Å²) < 4.78 is 20.1. The van der Waals surface area contributed by atoms with Gasteiger partial charge in [-0.1, -0.05) is 26.0 Å². The highest BCUT2D eigenvalue weighted by Gasteiger charge is 2.36. The normalized spacial score (nSPS) is 20.7. The number of hydrogen-bond donors (Lipinski definition) is 3. The van der Waals surface area contributed by atoms with E-state index in [4.69, 9.17) is 19.2 Å². The number of hydrogen-bond acceptors (Lipinski definition) is 8. The molecule has 244 valence electrons. The Bertz CT molecular complexity index is 1470. The molecule has 3 aromatic rings. The highest BCUT2D eigenvalue weighted by atomic mass is 16.5. The Morgan fingerprint density at radius 1 is 1.11 bits per heavy atom. The fourth-order valence-electron chi connectivity index (χ4n) is 7.18. The van der Waals surface area contributed by atoms with Crippen molar-refractivity contribution >= 4 is 23.5 Å². The highest BCUT2D eigenvalue weighted by molar-refractivity contribution is 6.58. The zero-order chi connectivity index (χ0) is 31.7. The first-order valence-corrected chi connectivity index (χ1v) is 16.8. The Morgan fingerprint density at radius 3 is 2.58 bits per heavy atom. The number of aliphatic hydroxyl groups is 1. The molecular formula is C35H50BN3O6. The van der Waals surface area contributed by atoms with Gasteiger partial charge >= 0.3 is 7.12 Å². The van der Waals surface area contributed by atoms with E-state index < -0.39 is 12.5 Å². The minimum absolute atomic E-state index is 0.0208. The van der Waals surface area contributed by atoms with Gasteiger partial charge in [0.25, 0.3) is 0 Å². The van der Waals surface area contributed by atoms with Crippen LogP contribution in [0.2, 0.25) is 0 Å². The first-order valence-electron chi connectivity index (χ1n) is 16.8. The van der Waals surface area contributed by atoms with Crippen molar-refractivity contribution in [1.29, 1.82) is 0 Å². The molecule has 2 atom stereocenters. The van der Waals surface area contributed by atoms with Gasteiger partial charge in [0.15, 0.2) is 0 Å². The molecular weight excluding hydrogens is 569 g/mol. The average Bonchev–Trinajstić information content (AvgIpc) is 3.71. The molecule has 1 saturated carbocycles. The number of nitrogens with zero attached hydrogens (tertiary/aromatic N) is 3. The fourth-order valence-corrected chi connectivity index (χ4v) is 7.18. The highest BCUT2D eigenvalue weighted by Crippen LogP contribution is 2.42. The molecule has 3 N–H and O–H groups in total. The van der Waals surface area contributed by atoms with Crippen molar-refractivity contribution < 1.29 is 29.4 Å². The van der Waals surface area contributed by atoms with Crippen LogP contribution in [-0.2, 0) is 27.2 Å². The summed E-state index contributed by atoms with van der Waals surface area (Å²) in [6.45, 7) is 11.0. The molecule has 45 heavy (non-hydrogen) atoms. The molecule has 2 aromatic heterocycles. The molecule has 1 aromatic carbocycles. The van der Waals surface area contributed by atoms with Gasteiger partial charge in [-0.05, 0) is 92.0 Å². The molecule has 1 aliphatic carbocycles. The molecule has 2 aliphatic heterocycles. The van der Waals surface area contributed by atoms with E-state index in [0.29, 0.717) is 31.0 Å². The number of benzene rings is 1. The second-order valence-corrected chi connectivity index (χ2v) is 14.1. The minimum atomic E-state index is -1.58. The maximum Gasteiger partial charge on any atom is 0.488 e. The third kappa shape index (κ3) is 7.17. The Balaban J connectivity index is 1.51. The lowest BCUT2D eigenvalue weighted by atomic mass is 9.78. The number of methoxy groups -OCH3 is 1. The number of aromatic nitrogens is 2. The number of aliphatic hydroxyl groups excluding tert-OH is 1. The summed E-state index contributed by atoms with van der Waals surface area (Å²) in [6, 6.07) is 8.74. The molecule has 3 fully saturated rings. The van der Waals surface area contributed by atoms with E-state index in [9.17, 15) is 15.2 Å². The van der Waals surface area contributed by atoms with Crippen molar-refractivity contribution in [1.82, 2.24) is 14.5 Å². The van der Waals surface area contributed by atoms with Gasteiger partial charge in [-0.2, -0.15) is 0 Å². The summed E-state index contributed by atoms with van der Waals surface area (Å²) in [5, 5.41) is 31.7. The van der Waals surface area contributed by atoms with Gasteiger partial charge in [-0.15, -0.1) is 0 Å². The lowest BCUT2D eigenvalue weighted by Gasteiger charge is -2.25. The van der Waals surface area contributed by atoms with Gasteiger partial charge in [0.2, 0.25) is 0 Å². The van der Waals surface area contributed by atoms with Crippen LogP contribution in [0.5, 0.6) is 0 Å². The van der Waals surface area contributed by atoms with Crippen molar-refractivity contribution in [3.05, 3.63) is 47.3 Å². The summed E-state index contributed by atoms with van der Waals surface area (Å²) in [5.74, 6) is 0.423. The molecule has 0 unspecified atom stereocenters. The molecule has 0 radical (unpaired) electrons. The average molecular weight is 620 g/mol. The number of rotatable bonds is 13. The molecule has 10 heteroatoms. The maximum atomic E-state index is 10.4. The van der Waals surface area contributed by atoms with Gasteiger partial charge < -0.3 is 33.9 Å². The molecule has 6 rings (SSSR count). The predicted octanol–water partition coefficient (Wildman–Crippen LogP) is 3.80. The topological polar surface area (TPSA) is 109 Å². The van der Waals surface area contributed by atoms with E-state index in [1.165, 1.54) is 18.4 Å². The summed E-state index contributed by atoms with van der Waals surface area (Å²) in [6.07, 6.45) is 8.13. The quantitative estimate of drug-likeness (QED) is 0.248. The van der Waals surface area contributed by atoms with Gasteiger partial charge in [0.05, 0.1) is 30.2 Å². The molecule has 0 amide bonds. The summed E-state index contributed by atoms with van der Waals surface area (Å²) in [7, 11) is 0.138. The predicted molar refractivity (Wildman–Crippen MR) is 177 cm³/mol. The standard InChI is InChI=1S/C35H50BN3O6/c1-23(43-4)33-30(17-25(20-37-33)24-9-12-38(21-24)27-6-7-27)34-31(19-35(2,3)22-40)29-18-26(36(41)42)5-8-32(29)39(34)13-16-45-28-10-14-44-15-11-28/h5,8,17-18,20,23-24,27-28,40-42H,6-7,9-16,19,21-22H2,1-4H3/t23-,24+/m0/s1. The zero-order valence-electron chi connectivity index (χ0n) is 27.4. The van der Waals surface area contributed by atoms with Crippen LogP contribution >= 0.6 is 0 Å². The van der Waals surface area contributed by atoms with Crippen molar-refractivity contribution in [2.75, 3.05) is 46.6 Å². The molecule has 2 saturated heterocycles. The van der Waals surface area contributed by atoms with Crippen LogP contribution in [0.1, 0.15) is 81.7 Å².